The molecule has 0 radical (unpaired) electrons. The first-order valence-electron chi connectivity index (χ1n) is 11.4. The van der Waals surface area contributed by atoms with Crippen molar-refractivity contribution in [1.29, 1.82) is 0 Å². The molecule has 0 aliphatic carbocycles. The summed E-state index contributed by atoms with van der Waals surface area (Å²) in [6.07, 6.45) is 0.483. The fourth-order valence-electron chi connectivity index (χ4n) is 3.72. The fraction of sp³-hybridized carbons (Fsp3) is 0.286. The zero-order chi connectivity index (χ0) is 25.6. The Kier molecular flexibility index (Phi) is 9.23. The predicted molar refractivity (Wildman–Crippen MR) is 144 cm³/mol. The molecule has 1 atom stereocenters. The third-order valence-electron chi connectivity index (χ3n) is 5.39. The van der Waals surface area contributed by atoms with Crippen LogP contribution in [0.4, 0.5) is 0 Å². The lowest BCUT2D eigenvalue weighted by Gasteiger charge is -2.34. The maximum Gasteiger partial charge on any atom is 0.243 e. The van der Waals surface area contributed by atoms with Gasteiger partial charge >= 0.3 is 0 Å². The number of nitrogens with zero attached hydrogens (tertiary/aromatic N) is 1. The molecular weight excluding hydrogens is 503 g/mol. The lowest BCUT2D eigenvalue weighted by Crippen LogP contribution is -2.54. The van der Waals surface area contributed by atoms with E-state index in [9.17, 15) is 9.59 Å². The van der Waals surface area contributed by atoms with Crippen molar-refractivity contribution in [3.63, 3.8) is 0 Å². The summed E-state index contributed by atoms with van der Waals surface area (Å²) in [6.45, 7) is 5.92. The molecule has 1 N–H and O–H groups in total. The molecule has 4 nitrogen and oxygen atoms in total. The van der Waals surface area contributed by atoms with Crippen LogP contribution in [0.1, 0.15) is 37.5 Å². The van der Waals surface area contributed by atoms with E-state index in [0.717, 1.165) is 11.1 Å². The monoisotopic (exact) mass is 530 g/mol. The highest BCUT2D eigenvalue weighted by molar-refractivity contribution is 6.35. The number of benzene rings is 3. The minimum atomic E-state index is -0.747. The Labute approximate surface area is 222 Å². The molecule has 184 valence electrons. The van der Waals surface area contributed by atoms with E-state index in [-0.39, 0.29) is 24.8 Å². The van der Waals surface area contributed by atoms with Gasteiger partial charge in [-0.15, -0.1) is 0 Å². The van der Waals surface area contributed by atoms with Crippen molar-refractivity contribution in [3.8, 4) is 0 Å². The van der Waals surface area contributed by atoms with Gasteiger partial charge in [-0.3, -0.25) is 9.59 Å². The molecule has 0 aromatic heterocycles. The summed E-state index contributed by atoms with van der Waals surface area (Å²) in [7, 11) is 0. The lowest BCUT2D eigenvalue weighted by atomic mass is 10.00. The van der Waals surface area contributed by atoms with Crippen molar-refractivity contribution in [3.05, 3.63) is 105 Å². The van der Waals surface area contributed by atoms with E-state index in [0.29, 0.717) is 27.1 Å². The summed E-state index contributed by atoms with van der Waals surface area (Å²) < 4.78 is 0. The molecular formula is C28H29Cl3N2O2. The minimum absolute atomic E-state index is 0.121. The Bertz CT molecular complexity index is 1160. The van der Waals surface area contributed by atoms with Crippen LogP contribution < -0.4 is 5.32 Å². The first-order valence-corrected chi connectivity index (χ1v) is 12.5. The molecule has 35 heavy (non-hydrogen) atoms. The van der Waals surface area contributed by atoms with Gasteiger partial charge in [0.1, 0.15) is 6.04 Å². The first-order chi connectivity index (χ1) is 16.5. The average molecular weight is 532 g/mol. The van der Waals surface area contributed by atoms with Crippen molar-refractivity contribution in [1.82, 2.24) is 10.2 Å². The Balaban J connectivity index is 2.01. The normalized spacial score (nSPS) is 12.2. The van der Waals surface area contributed by atoms with Crippen molar-refractivity contribution >= 4 is 46.6 Å². The van der Waals surface area contributed by atoms with Gasteiger partial charge in [0, 0.05) is 33.6 Å². The van der Waals surface area contributed by atoms with Crippen LogP contribution in [0.2, 0.25) is 15.1 Å². The number of carbonyl (C=O) groups excluding carboxylic acids is 2. The molecule has 0 aliphatic rings. The SMILES string of the molecule is CC(C)(C)NC(=O)[C@H](Cc1ccccc1)N(Cc1ccc(Cl)cc1Cl)C(=O)Cc1ccc(Cl)cc1. The van der Waals surface area contributed by atoms with E-state index in [1.165, 1.54) is 0 Å². The topological polar surface area (TPSA) is 49.4 Å². The van der Waals surface area contributed by atoms with Crippen molar-refractivity contribution in [2.75, 3.05) is 0 Å². The third kappa shape index (κ3) is 8.28. The maximum absolute atomic E-state index is 13.7. The second kappa shape index (κ2) is 11.9. The number of hydrogen-bond donors (Lipinski definition) is 1. The Morgan fingerprint density at radius 3 is 2.09 bits per heavy atom. The van der Waals surface area contributed by atoms with E-state index in [4.69, 9.17) is 34.8 Å². The van der Waals surface area contributed by atoms with Crippen LogP contribution in [0.15, 0.2) is 72.8 Å². The van der Waals surface area contributed by atoms with Crippen LogP contribution in [0.25, 0.3) is 0 Å². The largest absolute Gasteiger partial charge is 0.350 e. The van der Waals surface area contributed by atoms with Gasteiger partial charge in [0.05, 0.1) is 6.42 Å². The van der Waals surface area contributed by atoms with Gasteiger partial charge in [-0.05, 0) is 61.7 Å². The van der Waals surface area contributed by atoms with Crippen molar-refractivity contribution in [2.45, 2.75) is 51.7 Å². The van der Waals surface area contributed by atoms with Crippen LogP contribution in [0, 0.1) is 0 Å². The smallest absolute Gasteiger partial charge is 0.243 e. The molecule has 0 saturated heterocycles. The molecule has 3 rings (SSSR count). The standard InChI is InChI=1S/C28H29Cl3N2O2/c1-28(2,3)32-27(35)25(15-19-7-5-4-6-8-19)33(18-21-11-14-23(30)17-24(21)31)26(34)16-20-9-12-22(29)13-10-20/h4-14,17,25H,15-16,18H2,1-3H3,(H,32,35)/t25-/m0/s1. The van der Waals surface area contributed by atoms with Gasteiger partial charge in [0.2, 0.25) is 11.8 Å². The molecule has 0 fully saturated rings. The quantitative estimate of drug-likeness (QED) is 0.350. The number of hydrogen-bond acceptors (Lipinski definition) is 2. The highest BCUT2D eigenvalue weighted by Gasteiger charge is 2.32. The molecule has 0 unspecified atom stereocenters. The Morgan fingerprint density at radius 2 is 1.49 bits per heavy atom. The van der Waals surface area contributed by atoms with E-state index in [1.54, 1.807) is 35.2 Å². The summed E-state index contributed by atoms with van der Waals surface area (Å²) in [6, 6.07) is 21.2. The molecule has 7 heteroatoms. The molecule has 2 amide bonds. The second-order valence-corrected chi connectivity index (χ2v) is 10.8. The number of amides is 2. The van der Waals surface area contributed by atoms with Gasteiger partial charge in [-0.1, -0.05) is 83.3 Å². The van der Waals surface area contributed by atoms with E-state index >= 15 is 0 Å². The lowest BCUT2D eigenvalue weighted by molar-refractivity contribution is -0.141. The summed E-state index contributed by atoms with van der Waals surface area (Å²) in [4.78, 5) is 28.9. The van der Waals surface area contributed by atoms with Crippen LogP contribution in [0.3, 0.4) is 0 Å². The highest BCUT2D eigenvalue weighted by atomic mass is 35.5. The van der Waals surface area contributed by atoms with Gasteiger partial charge in [-0.2, -0.15) is 0 Å². The second-order valence-electron chi connectivity index (χ2n) is 9.51. The van der Waals surface area contributed by atoms with Gasteiger partial charge < -0.3 is 10.2 Å². The molecule has 3 aromatic carbocycles. The van der Waals surface area contributed by atoms with Gasteiger partial charge in [0.15, 0.2) is 0 Å². The van der Waals surface area contributed by atoms with Crippen LogP contribution in [0.5, 0.6) is 0 Å². The van der Waals surface area contributed by atoms with Gasteiger partial charge in [-0.25, -0.2) is 0 Å². The maximum atomic E-state index is 13.7. The van der Waals surface area contributed by atoms with E-state index in [2.05, 4.69) is 5.32 Å². The van der Waals surface area contributed by atoms with Gasteiger partial charge in [0.25, 0.3) is 0 Å². The summed E-state index contributed by atoms with van der Waals surface area (Å²) in [5, 5.41) is 4.59. The molecule has 0 aliphatic heterocycles. The van der Waals surface area contributed by atoms with Crippen LogP contribution in [-0.4, -0.2) is 28.3 Å². The molecule has 0 spiro atoms. The number of halogens is 3. The zero-order valence-electron chi connectivity index (χ0n) is 20.0. The summed E-state index contributed by atoms with van der Waals surface area (Å²) >= 11 is 18.6. The zero-order valence-corrected chi connectivity index (χ0v) is 22.3. The molecule has 0 bridgehead atoms. The minimum Gasteiger partial charge on any atom is -0.350 e. The molecule has 0 heterocycles. The summed E-state index contributed by atoms with van der Waals surface area (Å²) in [5.41, 5.74) is 2.01. The predicted octanol–water partition coefficient (Wildman–Crippen LogP) is 6.74. The first kappa shape index (κ1) is 27.1. The van der Waals surface area contributed by atoms with Crippen LogP contribution in [-0.2, 0) is 29.0 Å². The van der Waals surface area contributed by atoms with Crippen molar-refractivity contribution < 1.29 is 9.59 Å². The molecule has 0 saturated carbocycles. The van der Waals surface area contributed by atoms with E-state index in [1.807, 2.05) is 63.2 Å². The average Bonchev–Trinajstić information content (AvgIpc) is 2.78. The Morgan fingerprint density at radius 1 is 0.857 bits per heavy atom. The fourth-order valence-corrected chi connectivity index (χ4v) is 4.31. The number of carbonyl (C=O) groups is 2. The third-order valence-corrected chi connectivity index (χ3v) is 6.23. The van der Waals surface area contributed by atoms with Crippen molar-refractivity contribution in [2.24, 2.45) is 0 Å². The van der Waals surface area contributed by atoms with Crippen LogP contribution >= 0.6 is 34.8 Å². The Hall–Kier alpha value is -2.53. The number of rotatable bonds is 8. The summed E-state index contributed by atoms with van der Waals surface area (Å²) in [5.74, 6) is -0.417. The number of nitrogens with one attached hydrogen (secondary N) is 1. The molecule has 3 aromatic rings. The van der Waals surface area contributed by atoms with E-state index < -0.39 is 11.6 Å². The highest BCUT2D eigenvalue weighted by Crippen LogP contribution is 2.25.